The Kier molecular flexibility index (Phi) is 2.84. The molecule has 0 spiro atoms. The second-order valence-electron chi connectivity index (χ2n) is 5.39. The highest BCUT2D eigenvalue weighted by molar-refractivity contribution is 5.80. The van der Waals surface area contributed by atoms with Gasteiger partial charge in [-0.3, -0.25) is 0 Å². The van der Waals surface area contributed by atoms with E-state index in [0.717, 1.165) is 5.76 Å². The number of hydrogen-bond acceptors (Lipinski definition) is 3. The first-order valence-electron chi connectivity index (χ1n) is 6.60. The number of carbonyl (C=O) groups is 2. The number of nitrogens with one attached hydrogen (secondary N) is 2. The van der Waals surface area contributed by atoms with E-state index in [4.69, 9.17) is 4.42 Å². The molecule has 2 N–H and O–H groups in total. The molecule has 0 bridgehead atoms. The van der Waals surface area contributed by atoms with Crippen LogP contribution >= 0.6 is 0 Å². The summed E-state index contributed by atoms with van der Waals surface area (Å²) in [6.07, 6.45) is 1.26. The van der Waals surface area contributed by atoms with Crippen molar-refractivity contribution in [3.63, 3.8) is 0 Å². The van der Waals surface area contributed by atoms with Crippen LogP contribution in [0.15, 0.2) is 22.8 Å². The Hall–Kier alpha value is -2.18. The van der Waals surface area contributed by atoms with Crippen LogP contribution in [-0.2, 0) is 0 Å². The first-order chi connectivity index (χ1) is 9.50. The van der Waals surface area contributed by atoms with Crippen LogP contribution in [0, 0.1) is 5.92 Å². The van der Waals surface area contributed by atoms with Gasteiger partial charge >= 0.3 is 12.1 Å². The summed E-state index contributed by atoms with van der Waals surface area (Å²) in [6, 6.07) is 3.01. The van der Waals surface area contributed by atoms with Crippen LogP contribution in [0.1, 0.15) is 18.7 Å². The van der Waals surface area contributed by atoms with Gasteiger partial charge in [0.25, 0.3) is 0 Å². The Morgan fingerprint density at radius 3 is 2.50 bits per heavy atom. The van der Waals surface area contributed by atoms with Gasteiger partial charge in [-0.15, -0.1) is 0 Å². The van der Waals surface area contributed by atoms with Gasteiger partial charge in [0, 0.05) is 26.1 Å². The minimum Gasteiger partial charge on any atom is -0.467 e. The SMILES string of the molecule is CC1NC(=O)N(C)[C@@H]2NC(=O)N(C)C(c3ccco3)[C@@H]12. The van der Waals surface area contributed by atoms with Crippen LogP contribution in [0.3, 0.4) is 0 Å². The van der Waals surface area contributed by atoms with E-state index in [1.54, 1.807) is 31.3 Å². The average Bonchev–Trinajstić information content (AvgIpc) is 2.92. The van der Waals surface area contributed by atoms with Gasteiger partial charge in [-0.2, -0.15) is 0 Å². The molecular formula is C13H18N4O3. The molecule has 0 aliphatic carbocycles. The van der Waals surface area contributed by atoms with Crippen molar-refractivity contribution in [3.05, 3.63) is 24.2 Å². The Balaban J connectivity index is 2.02. The molecule has 3 heterocycles. The van der Waals surface area contributed by atoms with Crippen LogP contribution in [0.2, 0.25) is 0 Å². The van der Waals surface area contributed by atoms with E-state index in [1.807, 2.05) is 13.0 Å². The molecule has 7 heteroatoms. The third kappa shape index (κ3) is 1.73. The molecule has 4 amide bonds. The van der Waals surface area contributed by atoms with Gasteiger partial charge in [0.2, 0.25) is 0 Å². The van der Waals surface area contributed by atoms with Gasteiger partial charge in [-0.1, -0.05) is 0 Å². The Morgan fingerprint density at radius 1 is 1.15 bits per heavy atom. The third-order valence-electron chi connectivity index (χ3n) is 4.24. The van der Waals surface area contributed by atoms with E-state index in [-0.39, 0.29) is 36.2 Å². The van der Waals surface area contributed by atoms with Crippen molar-refractivity contribution in [2.75, 3.05) is 14.1 Å². The summed E-state index contributed by atoms with van der Waals surface area (Å²) < 4.78 is 5.50. The normalized spacial score (nSPS) is 33.5. The zero-order valence-corrected chi connectivity index (χ0v) is 11.7. The molecule has 2 aliphatic rings. The van der Waals surface area contributed by atoms with Crippen LogP contribution in [-0.4, -0.2) is 48.2 Å². The third-order valence-corrected chi connectivity index (χ3v) is 4.24. The van der Waals surface area contributed by atoms with Gasteiger partial charge in [-0.05, 0) is 19.1 Å². The first-order valence-corrected chi connectivity index (χ1v) is 6.60. The molecule has 7 nitrogen and oxygen atoms in total. The number of furan rings is 1. The fraction of sp³-hybridized carbons (Fsp3) is 0.538. The van der Waals surface area contributed by atoms with Gasteiger partial charge in [-0.25, -0.2) is 9.59 Å². The van der Waals surface area contributed by atoms with Crippen molar-refractivity contribution in [1.29, 1.82) is 0 Å². The summed E-state index contributed by atoms with van der Waals surface area (Å²) >= 11 is 0. The largest absolute Gasteiger partial charge is 0.467 e. The summed E-state index contributed by atoms with van der Waals surface area (Å²) in [4.78, 5) is 27.2. The first kappa shape index (κ1) is 12.8. The summed E-state index contributed by atoms with van der Waals surface area (Å²) in [6.45, 7) is 1.95. The lowest BCUT2D eigenvalue weighted by molar-refractivity contribution is 0.0175. The molecule has 20 heavy (non-hydrogen) atoms. The smallest absolute Gasteiger partial charge is 0.319 e. The highest BCUT2D eigenvalue weighted by atomic mass is 16.3. The van der Waals surface area contributed by atoms with Crippen LogP contribution in [0.4, 0.5) is 9.59 Å². The maximum atomic E-state index is 12.1. The number of nitrogens with zero attached hydrogens (tertiary/aromatic N) is 2. The standard InChI is InChI=1S/C13H18N4O3/c1-7-9-10(8-5-4-6-20-8)16(2)13(19)15-11(9)17(3)12(18)14-7/h4-7,9-11H,1-3H3,(H,14,18)(H,15,19)/t7?,9-,10?,11+/m1/s1. The zero-order valence-electron chi connectivity index (χ0n) is 11.7. The minimum absolute atomic E-state index is 0.00606. The molecule has 2 fully saturated rings. The van der Waals surface area contributed by atoms with E-state index in [0.29, 0.717) is 0 Å². The van der Waals surface area contributed by atoms with Crippen LogP contribution in [0.5, 0.6) is 0 Å². The molecule has 2 saturated heterocycles. The Bertz CT molecular complexity index is 530. The lowest BCUT2D eigenvalue weighted by atomic mass is 9.83. The van der Waals surface area contributed by atoms with Crippen molar-refractivity contribution in [2.45, 2.75) is 25.2 Å². The fourth-order valence-corrected chi connectivity index (χ4v) is 3.14. The number of rotatable bonds is 1. The van der Waals surface area contributed by atoms with Crippen molar-refractivity contribution in [2.24, 2.45) is 5.92 Å². The second-order valence-corrected chi connectivity index (χ2v) is 5.39. The highest BCUT2D eigenvalue weighted by Crippen LogP contribution is 2.38. The van der Waals surface area contributed by atoms with E-state index < -0.39 is 0 Å². The molecular weight excluding hydrogens is 260 g/mol. The zero-order chi connectivity index (χ0) is 14.4. The number of carbonyl (C=O) groups excluding carboxylic acids is 2. The lowest BCUT2D eigenvalue weighted by Crippen LogP contribution is -2.71. The predicted octanol–water partition coefficient (Wildman–Crippen LogP) is 0.961. The molecule has 0 aromatic carbocycles. The fourth-order valence-electron chi connectivity index (χ4n) is 3.14. The summed E-state index contributed by atoms with van der Waals surface area (Å²) in [7, 11) is 3.42. The van der Waals surface area contributed by atoms with Crippen LogP contribution < -0.4 is 10.6 Å². The Labute approximate surface area is 116 Å². The van der Waals surface area contributed by atoms with E-state index in [1.165, 1.54) is 4.90 Å². The number of urea groups is 2. The lowest BCUT2D eigenvalue weighted by Gasteiger charge is -2.51. The van der Waals surface area contributed by atoms with Crippen molar-refractivity contribution < 1.29 is 14.0 Å². The topological polar surface area (TPSA) is 77.8 Å². The molecule has 1 aromatic rings. The number of amides is 4. The van der Waals surface area contributed by atoms with Crippen molar-refractivity contribution >= 4 is 12.1 Å². The molecule has 0 saturated carbocycles. The second kappa shape index (κ2) is 4.43. The maximum Gasteiger partial charge on any atom is 0.319 e. The quantitative estimate of drug-likeness (QED) is 0.803. The molecule has 2 aliphatic heterocycles. The summed E-state index contributed by atoms with van der Waals surface area (Å²) in [5.74, 6) is 0.736. The summed E-state index contributed by atoms with van der Waals surface area (Å²) in [5, 5.41) is 5.80. The minimum atomic E-state index is -0.336. The molecule has 2 unspecified atom stereocenters. The molecule has 1 aromatic heterocycles. The van der Waals surface area contributed by atoms with E-state index in [9.17, 15) is 9.59 Å². The monoisotopic (exact) mass is 278 g/mol. The van der Waals surface area contributed by atoms with Gasteiger partial charge < -0.3 is 24.9 Å². The van der Waals surface area contributed by atoms with Gasteiger partial charge in [0.1, 0.15) is 11.9 Å². The Morgan fingerprint density at radius 2 is 1.85 bits per heavy atom. The average molecular weight is 278 g/mol. The molecule has 108 valence electrons. The van der Waals surface area contributed by atoms with E-state index >= 15 is 0 Å². The van der Waals surface area contributed by atoms with Gasteiger partial charge in [0.15, 0.2) is 0 Å². The van der Waals surface area contributed by atoms with Gasteiger partial charge in [0.05, 0.1) is 12.3 Å². The van der Waals surface area contributed by atoms with Crippen LogP contribution in [0.25, 0.3) is 0 Å². The highest BCUT2D eigenvalue weighted by Gasteiger charge is 2.50. The van der Waals surface area contributed by atoms with Crippen molar-refractivity contribution in [1.82, 2.24) is 20.4 Å². The molecule has 0 radical (unpaired) electrons. The summed E-state index contributed by atoms with van der Waals surface area (Å²) in [5.41, 5.74) is 0. The number of hydrogen-bond donors (Lipinski definition) is 2. The number of fused-ring (bicyclic) bond motifs is 1. The molecule has 4 atom stereocenters. The van der Waals surface area contributed by atoms with E-state index in [2.05, 4.69) is 10.6 Å². The predicted molar refractivity (Wildman–Crippen MR) is 70.8 cm³/mol. The molecule has 3 rings (SSSR count). The van der Waals surface area contributed by atoms with Crippen molar-refractivity contribution in [3.8, 4) is 0 Å². The maximum absolute atomic E-state index is 12.1.